The number of aliphatic imine (C=N–C) groups is 1. The maximum absolute atomic E-state index is 11.6. The molecule has 2 unspecified atom stereocenters. The van der Waals surface area contributed by atoms with Gasteiger partial charge in [0.05, 0.1) is 6.54 Å². The number of piperazine rings is 1. The van der Waals surface area contributed by atoms with Crippen molar-refractivity contribution in [1.82, 2.24) is 15.5 Å². The highest BCUT2D eigenvalue weighted by atomic mass is 16.2. The molecule has 2 atom stereocenters. The average molecular weight is 370 g/mol. The number of fused-ring (bicyclic) bond motifs is 1. The van der Waals surface area contributed by atoms with Crippen molar-refractivity contribution in [2.24, 2.45) is 16.8 Å². The number of nitrogens with zero attached hydrogens (tertiary/aromatic N) is 3. The second-order valence-corrected chi connectivity index (χ2v) is 8.05. The van der Waals surface area contributed by atoms with Crippen molar-refractivity contribution < 1.29 is 4.79 Å². The van der Waals surface area contributed by atoms with Crippen molar-refractivity contribution in [2.75, 3.05) is 44.7 Å². The summed E-state index contributed by atoms with van der Waals surface area (Å²) in [4.78, 5) is 20.7. The smallest absolute Gasteiger partial charge is 0.239 e. The van der Waals surface area contributed by atoms with Crippen molar-refractivity contribution in [1.29, 1.82) is 0 Å². The number of anilines is 1. The molecule has 2 saturated heterocycles. The quantitative estimate of drug-likeness (QED) is 0.630. The maximum Gasteiger partial charge on any atom is 0.239 e. The molecule has 146 valence electrons. The highest BCUT2D eigenvalue weighted by Crippen LogP contribution is 2.35. The van der Waals surface area contributed by atoms with E-state index in [9.17, 15) is 4.79 Å². The number of likely N-dealkylation sites (tertiary alicyclic amines) is 1. The highest BCUT2D eigenvalue weighted by Gasteiger charge is 2.35. The van der Waals surface area contributed by atoms with E-state index in [1.54, 1.807) is 0 Å². The first-order valence-corrected chi connectivity index (χ1v) is 10.3. The van der Waals surface area contributed by atoms with Gasteiger partial charge in [0, 0.05) is 45.5 Å². The van der Waals surface area contributed by atoms with Crippen LogP contribution in [0.15, 0.2) is 29.3 Å². The molecule has 0 radical (unpaired) electrons. The second-order valence-electron chi connectivity index (χ2n) is 8.05. The summed E-state index contributed by atoms with van der Waals surface area (Å²) in [6, 6.07) is 8.52. The van der Waals surface area contributed by atoms with Crippen LogP contribution in [0, 0.1) is 11.8 Å². The Balaban J connectivity index is 1.31. The summed E-state index contributed by atoms with van der Waals surface area (Å²) < 4.78 is 0. The molecular weight excluding hydrogens is 338 g/mol. The predicted octanol–water partition coefficient (Wildman–Crippen LogP) is 1.82. The van der Waals surface area contributed by atoms with E-state index in [4.69, 9.17) is 0 Å². The second kappa shape index (κ2) is 8.19. The molecule has 0 bridgehead atoms. The van der Waals surface area contributed by atoms with Crippen molar-refractivity contribution in [3.63, 3.8) is 0 Å². The maximum atomic E-state index is 11.6. The molecule has 0 aromatic heterocycles. The number of carbonyl (C=O) groups is 1. The van der Waals surface area contributed by atoms with Crippen LogP contribution in [0.3, 0.4) is 0 Å². The molecule has 6 nitrogen and oxygen atoms in total. The number of carbonyl (C=O) groups excluding carboxylic acids is 1. The molecule has 0 spiro atoms. The van der Waals surface area contributed by atoms with E-state index in [1.165, 1.54) is 31.2 Å². The van der Waals surface area contributed by atoms with Crippen LogP contribution in [0.25, 0.3) is 0 Å². The molecule has 2 heterocycles. The third-order valence-electron chi connectivity index (χ3n) is 6.28. The number of guanidine groups is 1. The zero-order valence-electron chi connectivity index (χ0n) is 16.3. The van der Waals surface area contributed by atoms with Crippen molar-refractivity contribution in [2.45, 2.75) is 32.2 Å². The lowest BCUT2D eigenvalue weighted by molar-refractivity contribution is -0.120. The lowest BCUT2D eigenvalue weighted by Gasteiger charge is -2.28. The van der Waals surface area contributed by atoms with Gasteiger partial charge in [-0.1, -0.05) is 25.0 Å². The number of rotatable bonds is 3. The normalized spacial score (nSPS) is 26.0. The Bertz CT molecular complexity index is 672. The molecule has 6 heteroatoms. The van der Waals surface area contributed by atoms with Crippen molar-refractivity contribution >= 4 is 17.6 Å². The van der Waals surface area contributed by atoms with E-state index in [0.717, 1.165) is 56.2 Å². The summed E-state index contributed by atoms with van der Waals surface area (Å²) in [6.45, 7) is 5.12. The Hall–Kier alpha value is -2.24. The molecular formula is C21H31N5O. The Morgan fingerprint density at radius 2 is 1.89 bits per heavy atom. The average Bonchev–Trinajstić information content (AvgIpc) is 3.13. The van der Waals surface area contributed by atoms with Gasteiger partial charge >= 0.3 is 0 Å². The van der Waals surface area contributed by atoms with Crippen molar-refractivity contribution in [3.8, 4) is 0 Å². The molecule has 1 aromatic carbocycles. The monoisotopic (exact) mass is 369 g/mol. The molecule has 27 heavy (non-hydrogen) atoms. The summed E-state index contributed by atoms with van der Waals surface area (Å²) in [5, 5.41) is 6.41. The summed E-state index contributed by atoms with van der Waals surface area (Å²) in [5.74, 6) is 2.85. The van der Waals surface area contributed by atoms with E-state index in [0.29, 0.717) is 6.54 Å². The topological polar surface area (TPSA) is 60.0 Å². The van der Waals surface area contributed by atoms with Crippen LogP contribution < -0.4 is 15.5 Å². The molecule has 1 aliphatic carbocycles. The number of nitrogens with one attached hydrogen (secondary N) is 2. The van der Waals surface area contributed by atoms with Gasteiger partial charge in [0.25, 0.3) is 0 Å². The summed E-state index contributed by atoms with van der Waals surface area (Å²) in [5.41, 5.74) is 2.35. The Kier molecular flexibility index (Phi) is 5.50. The minimum atomic E-state index is 0.0990. The van der Waals surface area contributed by atoms with Gasteiger partial charge in [0.1, 0.15) is 0 Å². The van der Waals surface area contributed by atoms with Crippen molar-refractivity contribution in [3.05, 3.63) is 29.8 Å². The van der Waals surface area contributed by atoms with Gasteiger partial charge in [-0.15, -0.1) is 0 Å². The lowest BCUT2D eigenvalue weighted by atomic mass is 9.82. The molecule has 2 N–H and O–H groups in total. The zero-order chi connectivity index (χ0) is 18.6. The number of hydrogen-bond acceptors (Lipinski definition) is 3. The summed E-state index contributed by atoms with van der Waals surface area (Å²) >= 11 is 0. The van der Waals surface area contributed by atoms with Crippen LogP contribution >= 0.6 is 0 Å². The molecule has 3 aliphatic rings. The minimum absolute atomic E-state index is 0.0990. The van der Waals surface area contributed by atoms with E-state index in [1.807, 2.05) is 7.05 Å². The summed E-state index contributed by atoms with van der Waals surface area (Å²) in [7, 11) is 1.88. The highest BCUT2D eigenvalue weighted by molar-refractivity contribution is 5.82. The van der Waals surface area contributed by atoms with Crippen LogP contribution in [0.1, 0.15) is 31.2 Å². The zero-order valence-corrected chi connectivity index (χ0v) is 16.3. The first-order valence-electron chi connectivity index (χ1n) is 10.3. The van der Waals surface area contributed by atoms with E-state index in [2.05, 4.69) is 49.7 Å². The fourth-order valence-corrected chi connectivity index (χ4v) is 4.78. The van der Waals surface area contributed by atoms with Gasteiger partial charge < -0.3 is 20.4 Å². The predicted molar refractivity (Wildman–Crippen MR) is 109 cm³/mol. The van der Waals surface area contributed by atoms with Gasteiger partial charge in [-0.05, 0) is 42.4 Å². The number of benzene rings is 1. The van der Waals surface area contributed by atoms with Gasteiger partial charge in [-0.3, -0.25) is 9.79 Å². The van der Waals surface area contributed by atoms with E-state index in [-0.39, 0.29) is 5.91 Å². The first kappa shape index (κ1) is 18.1. The van der Waals surface area contributed by atoms with Crippen LogP contribution in [0.4, 0.5) is 5.69 Å². The SMILES string of the molecule is CN=C(NCc1ccc(N2CCNC(=O)C2)cc1)N1CC2CCCCC2C1. The van der Waals surface area contributed by atoms with Crippen LogP contribution in [-0.2, 0) is 11.3 Å². The first-order chi connectivity index (χ1) is 13.2. The molecule has 1 amide bonds. The minimum Gasteiger partial charge on any atom is -0.360 e. The Morgan fingerprint density at radius 3 is 2.52 bits per heavy atom. The Morgan fingerprint density at radius 1 is 1.19 bits per heavy atom. The fraction of sp³-hybridized carbons (Fsp3) is 0.619. The summed E-state index contributed by atoms with van der Waals surface area (Å²) in [6.07, 6.45) is 5.56. The third kappa shape index (κ3) is 4.20. The largest absolute Gasteiger partial charge is 0.360 e. The van der Waals surface area contributed by atoms with Gasteiger partial charge in [0.15, 0.2) is 5.96 Å². The molecule has 3 fully saturated rings. The van der Waals surface area contributed by atoms with Crippen LogP contribution in [-0.4, -0.2) is 56.5 Å². The van der Waals surface area contributed by atoms with Crippen LogP contribution in [0.2, 0.25) is 0 Å². The van der Waals surface area contributed by atoms with Gasteiger partial charge in [-0.2, -0.15) is 0 Å². The number of amides is 1. The standard InChI is InChI=1S/C21H31N5O/c1-22-21(26-13-17-4-2-3-5-18(17)14-26)24-12-16-6-8-19(9-7-16)25-11-10-23-20(27)15-25/h6-9,17-18H,2-5,10-15H2,1H3,(H,22,24)(H,23,27). The molecule has 4 rings (SSSR count). The Labute approximate surface area is 162 Å². The number of hydrogen-bond donors (Lipinski definition) is 2. The fourth-order valence-electron chi connectivity index (χ4n) is 4.78. The van der Waals surface area contributed by atoms with E-state index < -0.39 is 0 Å². The molecule has 1 saturated carbocycles. The van der Waals surface area contributed by atoms with Gasteiger partial charge in [0.2, 0.25) is 5.91 Å². The molecule has 2 aliphatic heterocycles. The molecule has 1 aromatic rings. The van der Waals surface area contributed by atoms with E-state index >= 15 is 0 Å². The van der Waals surface area contributed by atoms with Crippen LogP contribution in [0.5, 0.6) is 0 Å². The van der Waals surface area contributed by atoms with Gasteiger partial charge in [-0.25, -0.2) is 0 Å². The third-order valence-corrected chi connectivity index (χ3v) is 6.28. The lowest BCUT2D eigenvalue weighted by Crippen LogP contribution is -2.47.